The molecule has 0 aliphatic heterocycles. The first-order valence-corrected chi connectivity index (χ1v) is 6.76. The van der Waals surface area contributed by atoms with E-state index >= 15 is 0 Å². The van der Waals surface area contributed by atoms with Gasteiger partial charge in [0.15, 0.2) is 0 Å². The average molecular weight is 266 g/mol. The second kappa shape index (κ2) is 8.96. The normalized spacial score (nSPS) is 10.8. The van der Waals surface area contributed by atoms with E-state index in [2.05, 4.69) is 13.8 Å². The molecule has 0 aliphatic rings. The van der Waals surface area contributed by atoms with Gasteiger partial charge in [0.2, 0.25) is 0 Å². The predicted molar refractivity (Wildman–Crippen MR) is 76.7 cm³/mol. The molecule has 0 aliphatic carbocycles. The van der Waals surface area contributed by atoms with Gasteiger partial charge in [0, 0.05) is 6.61 Å². The Morgan fingerprint density at radius 2 is 1.74 bits per heavy atom. The largest absolute Gasteiger partial charge is 0.491 e. The van der Waals surface area contributed by atoms with Crippen molar-refractivity contribution in [2.24, 2.45) is 5.92 Å². The lowest BCUT2D eigenvalue weighted by Gasteiger charge is -2.08. The van der Waals surface area contributed by atoms with Gasteiger partial charge in [-0.15, -0.1) is 0 Å². The summed E-state index contributed by atoms with van der Waals surface area (Å²) in [6.45, 7) is 6.26. The minimum absolute atomic E-state index is 0.456. The predicted octanol–water partition coefficient (Wildman–Crippen LogP) is 1.20. The quantitative estimate of drug-likeness (QED) is 0.521. The van der Waals surface area contributed by atoms with Crippen molar-refractivity contribution in [3.8, 4) is 5.75 Å². The summed E-state index contributed by atoms with van der Waals surface area (Å²) in [5.74, 6) is 1.43. The van der Waals surface area contributed by atoms with Gasteiger partial charge in [-0.05, 0) is 36.4 Å². The van der Waals surface area contributed by atoms with Gasteiger partial charge in [-0.2, -0.15) is 0 Å². The molecule has 0 fully saturated rings. The fourth-order valence-corrected chi connectivity index (χ4v) is 1.65. The van der Waals surface area contributed by atoms with E-state index in [1.807, 2.05) is 0 Å². The lowest BCUT2D eigenvalue weighted by Crippen LogP contribution is -2.29. The minimum atomic E-state index is -1.43. The Morgan fingerprint density at radius 3 is 2.32 bits per heavy atom. The zero-order valence-corrected chi connectivity index (χ0v) is 11.7. The minimum Gasteiger partial charge on any atom is -0.491 e. The molecule has 0 aromatic heterocycles. The SMILES string of the molecule is CC(C)CCCOCCOc1ccc(B(O)O)cc1. The first kappa shape index (κ1) is 16.0. The van der Waals surface area contributed by atoms with Crippen LogP contribution in [-0.2, 0) is 4.74 Å². The van der Waals surface area contributed by atoms with Crippen LogP contribution in [0.25, 0.3) is 0 Å². The summed E-state index contributed by atoms with van der Waals surface area (Å²) in [6.07, 6.45) is 2.27. The maximum atomic E-state index is 8.94. The highest BCUT2D eigenvalue weighted by molar-refractivity contribution is 6.58. The molecule has 2 N–H and O–H groups in total. The van der Waals surface area contributed by atoms with Gasteiger partial charge in [-0.3, -0.25) is 0 Å². The molecule has 0 unspecified atom stereocenters. The van der Waals surface area contributed by atoms with Crippen molar-refractivity contribution in [1.82, 2.24) is 0 Å². The summed E-state index contributed by atoms with van der Waals surface area (Å²) < 4.78 is 10.9. The molecule has 0 atom stereocenters. The molecule has 106 valence electrons. The van der Waals surface area contributed by atoms with Crippen LogP contribution in [0.2, 0.25) is 0 Å². The molecule has 0 saturated carbocycles. The number of hydrogen-bond acceptors (Lipinski definition) is 4. The van der Waals surface area contributed by atoms with Crippen molar-refractivity contribution in [2.45, 2.75) is 26.7 Å². The molecular weight excluding hydrogens is 243 g/mol. The highest BCUT2D eigenvalue weighted by Crippen LogP contribution is 2.07. The fraction of sp³-hybridized carbons (Fsp3) is 0.571. The van der Waals surface area contributed by atoms with E-state index < -0.39 is 7.12 Å². The average Bonchev–Trinajstić information content (AvgIpc) is 2.38. The number of ether oxygens (including phenoxy) is 2. The van der Waals surface area contributed by atoms with Crippen molar-refractivity contribution < 1.29 is 19.5 Å². The molecular formula is C14H23BO4. The van der Waals surface area contributed by atoms with Gasteiger partial charge in [-0.25, -0.2) is 0 Å². The van der Waals surface area contributed by atoms with Gasteiger partial charge in [0.1, 0.15) is 12.4 Å². The summed E-state index contributed by atoms with van der Waals surface area (Å²) in [7, 11) is -1.43. The lowest BCUT2D eigenvalue weighted by atomic mass is 9.80. The second-order valence-corrected chi connectivity index (χ2v) is 4.94. The molecule has 5 heteroatoms. The van der Waals surface area contributed by atoms with Crippen molar-refractivity contribution in [3.63, 3.8) is 0 Å². The zero-order chi connectivity index (χ0) is 14.1. The van der Waals surface area contributed by atoms with Crippen LogP contribution in [0.3, 0.4) is 0 Å². The second-order valence-electron chi connectivity index (χ2n) is 4.94. The van der Waals surface area contributed by atoms with Gasteiger partial charge in [0.25, 0.3) is 0 Å². The van der Waals surface area contributed by atoms with E-state index in [9.17, 15) is 0 Å². The van der Waals surface area contributed by atoms with E-state index in [1.54, 1.807) is 24.3 Å². The van der Waals surface area contributed by atoms with Gasteiger partial charge in [0.05, 0.1) is 6.61 Å². The Hall–Kier alpha value is -1.04. The van der Waals surface area contributed by atoms with E-state index in [-0.39, 0.29) is 0 Å². The first-order chi connectivity index (χ1) is 9.09. The number of hydrogen-bond donors (Lipinski definition) is 2. The molecule has 1 aromatic rings. The van der Waals surface area contributed by atoms with E-state index in [0.29, 0.717) is 24.4 Å². The molecule has 4 nitrogen and oxygen atoms in total. The van der Waals surface area contributed by atoms with Crippen LogP contribution in [0.5, 0.6) is 5.75 Å². The maximum absolute atomic E-state index is 8.94. The summed E-state index contributed by atoms with van der Waals surface area (Å²) in [6, 6.07) is 6.69. The molecule has 0 bridgehead atoms. The molecule has 0 radical (unpaired) electrons. The van der Waals surface area contributed by atoms with Crippen LogP contribution in [0, 0.1) is 5.92 Å². The van der Waals surface area contributed by atoms with Crippen molar-refractivity contribution >= 4 is 12.6 Å². The molecule has 1 rings (SSSR count). The fourth-order valence-electron chi connectivity index (χ4n) is 1.65. The first-order valence-electron chi connectivity index (χ1n) is 6.76. The third-order valence-electron chi connectivity index (χ3n) is 2.74. The monoisotopic (exact) mass is 266 g/mol. The van der Waals surface area contributed by atoms with Crippen molar-refractivity contribution in [3.05, 3.63) is 24.3 Å². The summed E-state index contributed by atoms with van der Waals surface area (Å²) >= 11 is 0. The number of benzene rings is 1. The van der Waals surface area contributed by atoms with Gasteiger partial charge in [-0.1, -0.05) is 26.0 Å². The lowest BCUT2D eigenvalue weighted by molar-refractivity contribution is 0.0957. The van der Waals surface area contributed by atoms with Crippen LogP contribution in [0.1, 0.15) is 26.7 Å². The maximum Gasteiger partial charge on any atom is 0.488 e. The highest BCUT2D eigenvalue weighted by atomic mass is 16.5. The molecule has 1 aromatic carbocycles. The van der Waals surface area contributed by atoms with Crippen LogP contribution in [0.15, 0.2) is 24.3 Å². The standard InChI is InChI=1S/C14H23BO4/c1-12(2)4-3-9-18-10-11-19-14-7-5-13(6-8-14)15(16)17/h5-8,12,16-17H,3-4,9-11H2,1-2H3. The van der Waals surface area contributed by atoms with E-state index in [1.165, 1.54) is 6.42 Å². The van der Waals surface area contributed by atoms with Crippen molar-refractivity contribution in [2.75, 3.05) is 19.8 Å². The molecule has 19 heavy (non-hydrogen) atoms. The molecule has 0 saturated heterocycles. The Kier molecular flexibility index (Phi) is 7.56. The Labute approximate surface area is 115 Å². The Balaban J connectivity index is 2.09. The number of rotatable bonds is 9. The summed E-state index contributed by atoms with van der Waals surface area (Å²) in [5, 5.41) is 17.9. The summed E-state index contributed by atoms with van der Waals surface area (Å²) in [4.78, 5) is 0. The van der Waals surface area contributed by atoms with Gasteiger partial charge >= 0.3 is 7.12 Å². The van der Waals surface area contributed by atoms with Crippen LogP contribution in [-0.4, -0.2) is 37.0 Å². The van der Waals surface area contributed by atoms with Crippen LogP contribution >= 0.6 is 0 Å². The summed E-state index contributed by atoms with van der Waals surface area (Å²) in [5.41, 5.74) is 0.456. The van der Waals surface area contributed by atoms with Gasteiger partial charge < -0.3 is 19.5 Å². The third kappa shape index (κ3) is 7.20. The molecule has 0 heterocycles. The molecule has 0 amide bonds. The molecule has 0 spiro atoms. The third-order valence-corrected chi connectivity index (χ3v) is 2.74. The zero-order valence-electron chi connectivity index (χ0n) is 11.7. The smallest absolute Gasteiger partial charge is 0.488 e. The topological polar surface area (TPSA) is 58.9 Å². The van der Waals surface area contributed by atoms with Crippen LogP contribution < -0.4 is 10.2 Å². The Bertz CT molecular complexity index is 338. The Morgan fingerprint density at radius 1 is 1.05 bits per heavy atom. The van der Waals surface area contributed by atoms with E-state index in [0.717, 1.165) is 18.9 Å². The van der Waals surface area contributed by atoms with Crippen molar-refractivity contribution in [1.29, 1.82) is 0 Å². The highest BCUT2D eigenvalue weighted by Gasteiger charge is 2.09. The van der Waals surface area contributed by atoms with Crippen LogP contribution in [0.4, 0.5) is 0 Å². The van der Waals surface area contributed by atoms with E-state index in [4.69, 9.17) is 19.5 Å².